The molecule has 2 atom stereocenters. The van der Waals surface area contributed by atoms with E-state index in [0.717, 1.165) is 18.0 Å². The molecule has 0 spiro atoms. The monoisotopic (exact) mass is 284 g/mol. The highest BCUT2D eigenvalue weighted by atomic mass is 32.2. The van der Waals surface area contributed by atoms with E-state index < -0.39 is 5.97 Å². The fraction of sp³-hybridized carbons (Fsp3) is 0.833. The third-order valence-electron chi connectivity index (χ3n) is 3.40. The molecule has 0 bridgehead atoms. The minimum absolute atomic E-state index is 0.0406. The van der Waals surface area contributed by atoms with Crippen LogP contribution in [0.2, 0.25) is 0 Å². The van der Waals surface area contributed by atoms with Crippen LogP contribution < -0.4 is 0 Å². The van der Waals surface area contributed by atoms with Crippen molar-refractivity contribution in [3.63, 3.8) is 0 Å². The number of nitrogens with zero attached hydrogens (tertiary/aromatic N) is 4. The van der Waals surface area contributed by atoms with Gasteiger partial charge in [0.15, 0.2) is 5.82 Å². The summed E-state index contributed by atoms with van der Waals surface area (Å²) in [6, 6.07) is -0.226. The summed E-state index contributed by atoms with van der Waals surface area (Å²) in [6.45, 7) is 6.07. The van der Waals surface area contributed by atoms with E-state index in [1.165, 1.54) is 6.42 Å². The van der Waals surface area contributed by atoms with Gasteiger partial charge in [-0.25, -0.2) is 4.68 Å². The molecular formula is C12H20N4O2S. The molecule has 1 N–H and O–H groups in total. The number of carbonyl (C=O) groups is 1. The maximum absolute atomic E-state index is 11.1. The molecule has 0 radical (unpaired) electrons. The number of hydrogen-bond acceptors (Lipinski definition) is 5. The van der Waals surface area contributed by atoms with Crippen LogP contribution in [0.4, 0.5) is 0 Å². The molecule has 0 saturated carbocycles. The predicted octanol–water partition coefficient (Wildman–Crippen LogP) is 2.30. The van der Waals surface area contributed by atoms with Crippen molar-refractivity contribution >= 4 is 17.7 Å². The molecule has 0 aliphatic carbocycles. The van der Waals surface area contributed by atoms with Gasteiger partial charge in [0, 0.05) is 0 Å². The Bertz CT molecular complexity index is 449. The minimum atomic E-state index is -0.819. The van der Waals surface area contributed by atoms with Crippen molar-refractivity contribution in [2.45, 2.75) is 51.3 Å². The van der Waals surface area contributed by atoms with Crippen LogP contribution in [0.1, 0.15) is 57.1 Å². The number of hydrogen-bond donors (Lipinski definition) is 1. The number of rotatable bonds is 4. The molecule has 106 valence electrons. The van der Waals surface area contributed by atoms with Crippen molar-refractivity contribution in [2.75, 3.05) is 5.75 Å². The van der Waals surface area contributed by atoms with E-state index in [-0.39, 0.29) is 17.9 Å². The van der Waals surface area contributed by atoms with Crippen molar-refractivity contribution in [1.82, 2.24) is 20.2 Å². The summed E-state index contributed by atoms with van der Waals surface area (Å²) in [7, 11) is 0. The molecule has 1 fully saturated rings. The zero-order valence-corrected chi connectivity index (χ0v) is 12.4. The van der Waals surface area contributed by atoms with Crippen LogP contribution in [0, 0.1) is 5.41 Å². The van der Waals surface area contributed by atoms with Gasteiger partial charge in [-0.05, 0) is 34.4 Å². The summed E-state index contributed by atoms with van der Waals surface area (Å²) in [6.07, 6.45) is 2.27. The van der Waals surface area contributed by atoms with Crippen molar-refractivity contribution in [3.05, 3.63) is 5.82 Å². The molecule has 7 heteroatoms. The third-order valence-corrected chi connectivity index (χ3v) is 4.77. The summed E-state index contributed by atoms with van der Waals surface area (Å²) in [5, 5.41) is 21.4. The van der Waals surface area contributed by atoms with Crippen molar-refractivity contribution in [1.29, 1.82) is 0 Å². The van der Waals surface area contributed by atoms with Crippen LogP contribution in [0.3, 0.4) is 0 Å². The smallest absolute Gasteiger partial charge is 0.305 e. The topological polar surface area (TPSA) is 80.9 Å². The summed E-state index contributed by atoms with van der Waals surface area (Å²) >= 11 is 1.85. The fourth-order valence-electron chi connectivity index (χ4n) is 2.34. The van der Waals surface area contributed by atoms with E-state index in [1.54, 1.807) is 4.68 Å². The molecule has 1 aromatic rings. The number of aromatic nitrogens is 4. The average molecular weight is 284 g/mol. The SMILES string of the molecule is CC(C)(C)C(CC(=O)O)n1nnnc1C1CCCS1. The van der Waals surface area contributed by atoms with E-state index in [9.17, 15) is 4.79 Å². The average Bonchev–Trinajstić information content (AvgIpc) is 2.94. The summed E-state index contributed by atoms with van der Waals surface area (Å²) in [4.78, 5) is 11.1. The van der Waals surface area contributed by atoms with Crippen LogP contribution in [-0.2, 0) is 4.79 Å². The Morgan fingerprint density at radius 3 is 2.84 bits per heavy atom. The zero-order valence-electron chi connectivity index (χ0n) is 11.5. The molecule has 2 rings (SSSR count). The van der Waals surface area contributed by atoms with E-state index in [0.29, 0.717) is 5.25 Å². The number of aliphatic carboxylic acids is 1. The second-order valence-electron chi connectivity index (χ2n) is 5.96. The molecule has 2 unspecified atom stereocenters. The highest BCUT2D eigenvalue weighted by Crippen LogP contribution is 2.41. The first-order valence-corrected chi connectivity index (χ1v) is 7.55. The number of tetrazole rings is 1. The molecule has 1 aromatic heterocycles. The molecule has 1 aliphatic rings. The van der Waals surface area contributed by atoms with Gasteiger partial charge in [0.05, 0.1) is 17.7 Å². The third kappa shape index (κ3) is 3.26. The molecule has 19 heavy (non-hydrogen) atoms. The van der Waals surface area contributed by atoms with Gasteiger partial charge in [0.1, 0.15) is 0 Å². The fourth-order valence-corrected chi connectivity index (χ4v) is 3.60. The quantitative estimate of drug-likeness (QED) is 0.913. The second kappa shape index (κ2) is 5.48. The predicted molar refractivity (Wildman–Crippen MR) is 73.0 cm³/mol. The zero-order chi connectivity index (χ0) is 14.0. The second-order valence-corrected chi connectivity index (χ2v) is 7.27. The Kier molecular flexibility index (Phi) is 4.13. The molecule has 6 nitrogen and oxygen atoms in total. The Labute approximate surface area is 117 Å². The van der Waals surface area contributed by atoms with Crippen LogP contribution in [0.15, 0.2) is 0 Å². The molecular weight excluding hydrogens is 264 g/mol. The van der Waals surface area contributed by atoms with Gasteiger partial charge < -0.3 is 5.11 Å². The van der Waals surface area contributed by atoms with E-state index >= 15 is 0 Å². The summed E-state index contributed by atoms with van der Waals surface area (Å²) in [5.74, 6) is 1.13. The van der Waals surface area contributed by atoms with Gasteiger partial charge >= 0.3 is 5.97 Å². The molecule has 1 saturated heterocycles. The normalized spacial score (nSPS) is 21.5. The van der Waals surface area contributed by atoms with E-state index in [4.69, 9.17) is 5.11 Å². The van der Waals surface area contributed by atoms with Gasteiger partial charge in [0.25, 0.3) is 0 Å². The van der Waals surface area contributed by atoms with Crippen LogP contribution in [-0.4, -0.2) is 37.0 Å². The molecule has 2 heterocycles. The van der Waals surface area contributed by atoms with Gasteiger partial charge in [-0.3, -0.25) is 4.79 Å². The first kappa shape index (κ1) is 14.3. The Morgan fingerprint density at radius 2 is 2.32 bits per heavy atom. The maximum atomic E-state index is 11.1. The van der Waals surface area contributed by atoms with Gasteiger partial charge in [-0.15, -0.1) is 5.10 Å². The van der Waals surface area contributed by atoms with Crippen LogP contribution in [0.5, 0.6) is 0 Å². The lowest BCUT2D eigenvalue weighted by Gasteiger charge is -2.30. The van der Waals surface area contributed by atoms with E-state index in [2.05, 4.69) is 15.5 Å². The largest absolute Gasteiger partial charge is 0.481 e. The minimum Gasteiger partial charge on any atom is -0.481 e. The number of thioether (sulfide) groups is 1. The van der Waals surface area contributed by atoms with Crippen LogP contribution >= 0.6 is 11.8 Å². The molecule has 1 aliphatic heterocycles. The number of carboxylic acid groups (broad SMARTS) is 1. The van der Waals surface area contributed by atoms with Gasteiger partial charge in [-0.1, -0.05) is 20.8 Å². The Balaban J connectivity index is 2.31. The first-order chi connectivity index (χ1) is 8.89. The van der Waals surface area contributed by atoms with Crippen molar-refractivity contribution in [2.24, 2.45) is 5.41 Å². The highest BCUT2D eigenvalue weighted by Gasteiger charge is 2.34. The first-order valence-electron chi connectivity index (χ1n) is 6.50. The standard InChI is InChI=1S/C12H20N4O2S/c1-12(2,3)9(7-10(17)18)16-11(13-14-15-16)8-5-4-6-19-8/h8-9H,4-7H2,1-3H3,(H,17,18). The van der Waals surface area contributed by atoms with Crippen molar-refractivity contribution in [3.8, 4) is 0 Å². The van der Waals surface area contributed by atoms with Gasteiger partial charge in [0.2, 0.25) is 0 Å². The lowest BCUT2D eigenvalue weighted by molar-refractivity contribution is -0.138. The lowest BCUT2D eigenvalue weighted by Crippen LogP contribution is -2.29. The van der Waals surface area contributed by atoms with Crippen LogP contribution in [0.25, 0.3) is 0 Å². The van der Waals surface area contributed by atoms with Crippen molar-refractivity contribution < 1.29 is 9.90 Å². The molecule has 0 amide bonds. The summed E-state index contributed by atoms with van der Waals surface area (Å²) in [5.41, 5.74) is -0.203. The Morgan fingerprint density at radius 1 is 1.58 bits per heavy atom. The van der Waals surface area contributed by atoms with E-state index in [1.807, 2.05) is 32.5 Å². The summed E-state index contributed by atoms with van der Waals surface area (Å²) < 4.78 is 1.73. The maximum Gasteiger partial charge on any atom is 0.305 e. The molecule has 0 aromatic carbocycles. The van der Waals surface area contributed by atoms with Gasteiger partial charge in [-0.2, -0.15) is 11.8 Å². The lowest BCUT2D eigenvalue weighted by atomic mass is 9.84. The number of carboxylic acids is 1. The Hall–Kier alpha value is -1.11. The highest BCUT2D eigenvalue weighted by molar-refractivity contribution is 7.99.